The van der Waals surface area contributed by atoms with Crippen LogP contribution < -0.4 is 10.0 Å². The average Bonchev–Trinajstić information content (AvgIpc) is 2.27. The highest BCUT2D eigenvalue weighted by Gasteiger charge is 2.04. The molecular weight excluding hydrogens is 320 g/mol. The Labute approximate surface area is 116 Å². The van der Waals surface area contributed by atoms with Gasteiger partial charge in [-0.25, -0.2) is 13.1 Å². The minimum Gasteiger partial charge on any atom is -0.506 e. The molecule has 0 spiro atoms. The molecule has 3 N–H and O–H groups in total. The molecule has 7 heteroatoms. The van der Waals surface area contributed by atoms with Crippen LogP contribution in [0.3, 0.4) is 0 Å². The fourth-order valence-corrected chi connectivity index (χ4v) is 2.32. The van der Waals surface area contributed by atoms with Gasteiger partial charge in [-0.05, 0) is 35.0 Å². The zero-order chi connectivity index (χ0) is 13.6. The number of hydrogen-bond acceptors (Lipinski definition) is 4. The number of sulfonamides is 1. The molecule has 0 aliphatic rings. The van der Waals surface area contributed by atoms with Gasteiger partial charge in [-0.3, -0.25) is 0 Å². The van der Waals surface area contributed by atoms with Crippen molar-refractivity contribution in [2.45, 2.75) is 13.0 Å². The fourth-order valence-electron chi connectivity index (χ4n) is 1.40. The first kappa shape index (κ1) is 15.4. The molecule has 1 aromatic carbocycles. The molecule has 0 unspecified atom stereocenters. The van der Waals surface area contributed by atoms with Crippen molar-refractivity contribution in [1.29, 1.82) is 0 Å². The van der Waals surface area contributed by atoms with E-state index in [2.05, 4.69) is 26.0 Å². The fraction of sp³-hybridized carbons (Fsp3) is 0.455. The van der Waals surface area contributed by atoms with Crippen molar-refractivity contribution in [3.63, 3.8) is 0 Å². The van der Waals surface area contributed by atoms with Gasteiger partial charge in [0.1, 0.15) is 5.75 Å². The predicted octanol–water partition coefficient (Wildman–Crippen LogP) is 1.18. The van der Waals surface area contributed by atoms with Crippen molar-refractivity contribution in [3.05, 3.63) is 28.2 Å². The SMILES string of the molecule is CS(=O)(=O)NCCCNCc1cccc(Br)c1O. The van der Waals surface area contributed by atoms with E-state index in [-0.39, 0.29) is 5.75 Å². The van der Waals surface area contributed by atoms with Gasteiger partial charge in [-0.2, -0.15) is 0 Å². The summed E-state index contributed by atoms with van der Waals surface area (Å²) in [5.74, 6) is 0.235. The smallest absolute Gasteiger partial charge is 0.208 e. The van der Waals surface area contributed by atoms with Gasteiger partial charge in [0.2, 0.25) is 10.0 Å². The van der Waals surface area contributed by atoms with Crippen molar-refractivity contribution in [1.82, 2.24) is 10.0 Å². The largest absolute Gasteiger partial charge is 0.506 e. The normalized spacial score (nSPS) is 11.7. The lowest BCUT2D eigenvalue weighted by Crippen LogP contribution is -2.26. The number of nitrogens with one attached hydrogen (secondary N) is 2. The lowest BCUT2D eigenvalue weighted by atomic mass is 10.2. The second kappa shape index (κ2) is 7.08. The molecule has 102 valence electrons. The molecule has 1 rings (SSSR count). The first-order valence-corrected chi connectivity index (χ1v) is 8.20. The van der Waals surface area contributed by atoms with Crippen LogP contribution in [0.4, 0.5) is 0 Å². The first-order chi connectivity index (χ1) is 8.40. The number of hydrogen-bond donors (Lipinski definition) is 3. The van der Waals surface area contributed by atoms with Crippen LogP contribution in [0.25, 0.3) is 0 Å². The van der Waals surface area contributed by atoms with Crippen molar-refractivity contribution in [3.8, 4) is 5.75 Å². The van der Waals surface area contributed by atoms with Gasteiger partial charge in [0.25, 0.3) is 0 Å². The van der Waals surface area contributed by atoms with Crippen LogP contribution in [0.15, 0.2) is 22.7 Å². The van der Waals surface area contributed by atoms with Crippen molar-refractivity contribution in [2.24, 2.45) is 0 Å². The maximum absolute atomic E-state index is 10.8. The van der Waals surface area contributed by atoms with E-state index in [1.54, 1.807) is 6.07 Å². The van der Waals surface area contributed by atoms with E-state index in [4.69, 9.17) is 0 Å². The van der Waals surface area contributed by atoms with Crippen molar-refractivity contribution >= 4 is 26.0 Å². The molecule has 0 aromatic heterocycles. The van der Waals surface area contributed by atoms with Gasteiger partial charge < -0.3 is 10.4 Å². The molecule has 18 heavy (non-hydrogen) atoms. The zero-order valence-corrected chi connectivity index (χ0v) is 12.5. The zero-order valence-electron chi connectivity index (χ0n) is 10.1. The lowest BCUT2D eigenvalue weighted by Gasteiger charge is -2.08. The van der Waals surface area contributed by atoms with E-state index < -0.39 is 10.0 Å². The molecular formula is C11H17BrN2O3S. The summed E-state index contributed by atoms with van der Waals surface area (Å²) in [6, 6.07) is 5.46. The summed E-state index contributed by atoms with van der Waals surface area (Å²) in [6.45, 7) is 1.63. The van der Waals surface area contributed by atoms with Gasteiger partial charge in [0, 0.05) is 18.7 Å². The third-order valence-corrected chi connectivity index (χ3v) is 3.65. The topological polar surface area (TPSA) is 78.4 Å². The van der Waals surface area contributed by atoms with E-state index >= 15 is 0 Å². The molecule has 0 bridgehead atoms. The standard InChI is InChI=1S/C11H17BrN2O3S/c1-18(16,17)14-7-3-6-13-8-9-4-2-5-10(12)11(9)15/h2,4-5,13-15H,3,6-8H2,1H3. The number of benzene rings is 1. The van der Waals surface area contributed by atoms with Crippen LogP contribution in [0, 0.1) is 0 Å². The number of phenolic OH excluding ortho intramolecular Hbond substituents is 1. The Balaban J connectivity index is 2.24. The van der Waals surface area contributed by atoms with E-state index in [1.165, 1.54) is 0 Å². The molecule has 0 atom stereocenters. The van der Waals surface area contributed by atoms with E-state index in [9.17, 15) is 13.5 Å². The highest BCUT2D eigenvalue weighted by atomic mass is 79.9. The minimum absolute atomic E-state index is 0.235. The van der Waals surface area contributed by atoms with Crippen LogP contribution in [-0.4, -0.2) is 32.9 Å². The number of phenols is 1. The second-order valence-corrected chi connectivity index (χ2v) is 6.63. The Hall–Kier alpha value is -0.630. The maximum Gasteiger partial charge on any atom is 0.208 e. The Bertz CT molecular complexity index is 491. The predicted molar refractivity (Wildman–Crippen MR) is 75.0 cm³/mol. The third kappa shape index (κ3) is 5.81. The van der Waals surface area contributed by atoms with E-state index in [0.717, 1.165) is 11.8 Å². The summed E-state index contributed by atoms with van der Waals surface area (Å²) in [4.78, 5) is 0. The van der Waals surface area contributed by atoms with Gasteiger partial charge >= 0.3 is 0 Å². The summed E-state index contributed by atoms with van der Waals surface area (Å²) in [5.41, 5.74) is 0.806. The summed E-state index contributed by atoms with van der Waals surface area (Å²) >= 11 is 3.25. The van der Waals surface area contributed by atoms with Crippen LogP contribution in [0.2, 0.25) is 0 Å². The average molecular weight is 337 g/mol. The molecule has 0 heterocycles. The Morgan fingerprint density at radius 1 is 1.33 bits per heavy atom. The summed E-state index contributed by atoms with van der Waals surface area (Å²) < 4.78 is 24.7. The van der Waals surface area contributed by atoms with Gasteiger partial charge in [-0.1, -0.05) is 12.1 Å². The Morgan fingerprint density at radius 2 is 2.06 bits per heavy atom. The monoisotopic (exact) mass is 336 g/mol. The highest BCUT2D eigenvalue weighted by molar-refractivity contribution is 9.10. The molecule has 1 aromatic rings. The summed E-state index contributed by atoms with van der Waals surface area (Å²) in [7, 11) is -3.10. The second-order valence-electron chi connectivity index (χ2n) is 3.94. The molecule has 0 radical (unpaired) electrons. The quantitative estimate of drug-likeness (QED) is 0.653. The number of aromatic hydroxyl groups is 1. The number of para-hydroxylation sites is 1. The van der Waals surface area contributed by atoms with E-state index in [0.29, 0.717) is 30.5 Å². The van der Waals surface area contributed by atoms with Crippen molar-refractivity contribution < 1.29 is 13.5 Å². The van der Waals surface area contributed by atoms with E-state index in [1.807, 2.05) is 12.1 Å². The van der Waals surface area contributed by atoms with Gasteiger partial charge in [0.05, 0.1) is 10.7 Å². The highest BCUT2D eigenvalue weighted by Crippen LogP contribution is 2.26. The molecule has 0 aliphatic carbocycles. The molecule has 0 aliphatic heterocycles. The molecule has 0 saturated heterocycles. The van der Waals surface area contributed by atoms with Crippen LogP contribution in [0.1, 0.15) is 12.0 Å². The Morgan fingerprint density at radius 3 is 2.72 bits per heavy atom. The molecule has 5 nitrogen and oxygen atoms in total. The van der Waals surface area contributed by atoms with Crippen LogP contribution in [0.5, 0.6) is 5.75 Å². The minimum atomic E-state index is -3.10. The number of rotatable bonds is 7. The molecule has 0 saturated carbocycles. The summed E-state index contributed by atoms with van der Waals surface area (Å²) in [6.07, 6.45) is 1.84. The number of halogens is 1. The summed E-state index contributed by atoms with van der Waals surface area (Å²) in [5, 5.41) is 12.9. The van der Waals surface area contributed by atoms with Crippen molar-refractivity contribution in [2.75, 3.05) is 19.3 Å². The third-order valence-electron chi connectivity index (χ3n) is 2.28. The van der Waals surface area contributed by atoms with Crippen LogP contribution in [-0.2, 0) is 16.6 Å². The molecule has 0 amide bonds. The maximum atomic E-state index is 10.8. The van der Waals surface area contributed by atoms with Gasteiger partial charge in [-0.15, -0.1) is 0 Å². The lowest BCUT2D eigenvalue weighted by molar-refractivity contribution is 0.461. The van der Waals surface area contributed by atoms with Crippen LogP contribution >= 0.6 is 15.9 Å². The Kier molecular flexibility index (Phi) is 6.07. The molecule has 0 fully saturated rings. The van der Waals surface area contributed by atoms with Gasteiger partial charge in [0.15, 0.2) is 0 Å². The first-order valence-electron chi connectivity index (χ1n) is 5.52.